The number of hydrogen-bond donors (Lipinski definition) is 1. The largest absolute Gasteiger partial charge is 0.324 e. The second-order valence-electron chi connectivity index (χ2n) is 4.93. The van der Waals surface area contributed by atoms with Gasteiger partial charge < -0.3 is 5.73 Å². The summed E-state index contributed by atoms with van der Waals surface area (Å²) in [5.41, 5.74) is 7.52. The summed E-state index contributed by atoms with van der Waals surface area (Å²) >= 11 is 5.92. The molecule has 100 valence electrons. The van der Waals surface area contributed by atoms with Gasteiger partial charge in [-0.15, -0.1) is 6.58 Å². The molecule has 0 spiro atoms. The van der Waals surface area contributed by atoms with E-state index in [2.05, 4.69) is 6.58 Å². The van der Waals surface area contributed by atoms with Gasteiger partial charge in [-0.2, -0.15) is 0 Å². The van der Waals surface area contributed by atoms with Crippen LogP contribution in [0.15, 0.2) is 24.8 Å². The molecule has 0 fully saturated rings. The van der Waals surface area contributed by atoms with E-state index in [0.29, 0.717) is 5.56 Å². The highest BCUT2D eigenvalue weighted by molar-refractivity contribution is 6.30. The third-order valence-corrected chi connectivity index (χ3v) is 3.32. The Morgan fingerprint density at radius 1 is 1.44 bits per heavy atom. The van der Waals surface area contributed by atoms with Gasteiger partial charge in [-0.25, -0.2) is 4.39 Å². The Bertz CT molecular complexity index is 415. The Labute approximate surface area is 114 Å². The van der Waals surface area contributed by atoms with Crippen molar-refractivity contribution in [2.75, 3.05) is 0 Å². The number of nitrogens with two attached hydrogens (primary N) is 1. The van der Waals surface area contributed by atoms with Crippen molar-refractivity contribution in [1.29, 1.82) is 0 Å². The highest BCUT2D eigenvalue weighted by Gasteiger charge is 2.12. The summed E-state index contributed by atoms with van der Waals surface area (Å²) < 4.78 is 13.8. The quantitative estimate of drug-likeness (QED) is 0.759. The molecule has 0 aromatic heterocycles. The fourth-order valence-corrected chi connectivity index (χ4v) is 2.14. The van der Waals surface area contributed by atoms with E-state index in [1.54, 1.807) is 12.1 Å². The van der Waals surface area contributed by atoms with Crippen molar-refractivity contribution in [3.05, 3.63) is 46.8 Å². The normalized spacial score (nSPS) is 12.8. The van der Waals surface area contributed by atoms with Crippen LogP contribution >= 0.6 is 11.6 Å². The van der Waals surface area contributed by atoms with Gasteiger partial charge in [0.1, 0.15) is 5.82 Å². The number of aryl methyl sites for hydroxylation is 1. The molecular weight excluding hydrogens is 249 g/mol. The molecule has 1 aromatic carbocycles. The van der Waals surface area contributed by atoms with Gasteiger partial charge >= 0.3 is 0 Å². The number of hydrogen-bond acceptors (Lipinski definition) is 1. The first-order valence-corrected chi connectivity index (χ1v) is 6.69. The fraction of sp³-hybridized carbons (Fsp3) is 0.467. The van der Waals surface area contributed by atoms with Crippen LogP contribution in [-0.4, -0.2) is 6.04 Å². The predicted octanol–water partition coefficient (Wildman–Crippen LogP) is 4.44. The van der Waals surface area contributed by atoms with Crippen LogP contribution in [0.1, 0.15) is 43.7 Å². The van der Waals surface area contributed by atoms with Crippen LogP contribution in [0.25, 0.3) is 0 Å². The first-order valence-electron chi connectivity index (χ1n) is 6.31. The maximum atomic E-state index is 13.8. The molecule has 0 saturated carbocycles. The molecule has 0 aliphatic carbocycles. The Morgan fingerprint density at radius 2 is 2.11 bits per heavy atom. The molecule has 1 atom stereocenters. The van der Waals surface area contributed by atoms with Gasteiger partial charge in [0.2, 0.25) is 0 Å². The molecular formula is C15H21ClFN. The standard InChI is InChI=1S/C15H21ClFN/c1-4-12(18)7-5-6-11-8-13(10(2)3)15(17)14(16)9-11/h4,8-10,12H,1,5-7,18H2,2-3H3/t12-/m1/s1. The van der Waals surface area contributed by atoms with E-state index >= 15 is 0 Å². The molecule has 2 N–H and O–H groups in total. The minimum atomic E-state index is -0.293. The summed E-state index contributed by atoms with van der Waals surface area (Å²) in [6, 6.07) is 3.65. The van der Waals surface area contributed by atoms with Crippen LogP contribution in [0, 0.1) is 5.82 Å². The molecule has 0 bridgehead atoms. The summed E-state index contributed by atoms with van der Waals surface area (Å²) in [5.74, 6) is -0.156. The molecule has 0 aliphatic heterocycles. The molecule has 0 unspecified atom stereocenters. The fourth-order valence-electron chi connectivity index (χ4n) is 1.89. The molecule has 0 radical (unpaired) electrons. The lowest BCUT2D eigenvalue weighted by atomic mass is 9.97. The van der Waals surface area contributed by atoms with E-state index in [0.717, 1.165) is 24.8 Å². The average Bonchev–Trinajstić information content (AvgIpc) is 2.32. The third-order valence-electron chi connectivity index (χ3n) is 3.04. The smallest absolute Gasteiger partial charge is 0.145 e. The maximum absolute atomic E-state index is 13.8. The minimum Gasteiger partial charge on any atom is -0.324 e. The molecule has 0 aliphatic rings. The summed E-state index contributed by atoms with van der Waals surface area (Å²) in [6.45, 7) is 7.58. The molecule has 1 rings (SSSR count). The molecule has 0 heterocycles. The van der Waals surface area contributed by atoms with Crippen molar-refractivity contribution in [2.24, 2.45) is 5.73 Å². The zero-order chi connectivity index (χ0) is 13.7. The Hall–Kier alpha value is -0.860. The minimum absolute atomic E-state index is 0.0329. The van der Waals surface area contributed by atoms with Gasteiger partial charge in [-0.1, -0.05) is 37.6 Å². The maximum Gasteiger partial charge on any atom is 0.145 e. The summed E-state index contributed by atoms with van der Waals surface area (Å²) in [4.78, 5) is 0. The molecule has 1 aromatic rings. The van der Waals surface area contributed by atoms with Crippen LogP contribution < -0.4 is 5.73 Å². The van der Waals surface area contributed by atoms with Crippen molar-refractivity contribution >= 4 is 11.6 Å². The lowest BCUT2D eigenvalue weighted by Gasteiger charge is -2.12. The lowest BCUT2D eigenvalue weighted by molar-refractivity contribution is 0.596. The molecule has 1 nitrogen and oxygen atoms in total. The zero-order valence-electron chi connectivity index (χ0n) is 11.0. The van der Waals surface area contributed by atoms with Gasteiger partial charge in [0.25, 0.3) is 0 Å². The first-order chi connectivity index (χ1) is 8.45. The summed E-state index contributed by atoms with van der Waals surface area (Å²) in [5, 5.41) is 0.212. The first kappa shape index (κ1) is 15.2. The molecule has 0 saturated heterocycles. The lowest BCUT2D eigenvalue weighted by Crippen LogP contribution is -2.16. The van der Waals surface area contributed by atoms with Crippen LogP contribution in [-0.2, 0) is 6.42 Å². The van der Waals surface area contributed by atoms with Crippen molar-refractivity contribution in [1.82, 2.24) is 0 Å². The van der Waals surface area contributed by atoms with Gasteiger partial charge in [0, 0.05) is 6.04 Å². The van der Waals surface area contributed by atoms with Crippen LogP contribution in [0.5, 0.6) is 0 Å². The van der Waals surface area contributed by atoms with Crippen molar-refractivity contribution in [2.45, 2.75) is 45.1 Å². The monoisotopic (exact) mass is 269 g/mol. The number of benzene rings is 1. The SMILES string of the molecule is C=C[C@@H](N)CCCc1cc(Cl)c(F)c(C(C)C)c1. The number of halogens is 2. The predicted molar refractivity (Wildman–Crippen MR) is 76.6 cm³/mol. The van der Waals surface area contributed by atoms with E-state index in [9.17, 15) is 4.39 Å². The molecule has 0 amide bonds. The molecule has 3 heteroatoms. The second kappa shape index (κ2) is 6.91. The van der Waals surface area contributed by atoms with Crippen molar-refractivity contribution < 1.29 is 4.39 Å². The highest BCUT2D eigenvalue weighted by Crippen LogP contribution is 2.27. The third kappa shape index (κ3) is 4.11. The van der Waals surface area contributed by atoms with Crippen LogP contribution in [0.3, 0.4) is 0 Å². The van der Waals surface area contributed by atoms with Gasteiger partial charge in [0.15, 0.2) is 0 Å². The van der Waals surface area contributed by atoms with Crippen LogP contribution in [0.2, 0.25) is 5.02 Å². The average molecular weight is 270 g/mol. The van der Waals surface area contributed by atoms with E-state index in [1.165, 1.54) is 0 Å². The van der Waals surface area contributed by atoms with Crippen molar-refractivity contribution in [3.8, 4) is 0 Å². The van der Waals surface area contributed by atoms with Gasteiger partial charge in [-0.05, 0) is 42.4 Å². The van der Waals surface area contributed by atoms with Gasteiger partial charge in [-0.3, -0.25) is 0 Å². The van der Waals surface area contributed by atoms with Crippen molar-refractivity contribution in [3.63, 3.8) is 0 Å². The second-order valence-corrected chi connectivity index (χ2v) is 5.33. The Morgan fingerprint density at radius 3 is 2.67 bits per heavy atom. The van der Waals surface area contributed by atoms with E-state index < -0.39 is 0 Å². The van der Waals surface area contributed by atoms with Crippen LogP contribution in [0.4, 0.5) is 4.39 Å². The Kier molecular flexibility index (Phi) is 5.83. The van der Waals surface area contributed by atoms with E-state index in [4.69, 9.17) is 17.3 Å². The van der Waals surface area contributed by atoms with Gasteiger partial charge in [0.05, 0.1) is 5.02 Å². The highest BCUT2D eigenvalue weighted by atomic mass is 35.5. The zero-order valence-corrected chi connectivity index (χ0v) is 11.8. The van der Waals surface area contributed by atoms with E-state index in [1.807, 2.05) is 19.9 Å². The summed E-state index contributed by atoms with van der Waals surface area (Å²) in [7, 11) is 0. The van der Waals surface area contributed by atoms with E-state index in [-0.39, 0.29) is 22.8 Å². The molecule has 18 heavy (non-hydrogen) atoms. The Balaban J connectivity index is 2.75. The topological polar surface area (TPSA) is 26.0 Å². The summed E-state index contributed by atoms with van der Waals surface area (Å²) in [6.07, 6.45) is 4.45. The number of rotatable bonds is 6.